The lowest BCUT2D eigenvalue weighted by atomic mass is 9.87. The van der Waals surface area contributed by atoms with Crippen LogP contribution in [0, 0.1) is 0 Å². The first-order valence-electron chi connectivity index (χ1n) is 16.9. The molecule has 0 saturated heterocycles. The lowest BCUT2D eigenvalue weighted by Crippen LogP contribution is -2.13. The molecule has 0 saturated carbocycles. The van der Waals surface area contributed by atoms with E-state index in [1.807, 2.05) is 0 Å². The summed E-state index contributed by atoms with van der Waals surface area (Å²) in [6.07, 6.45) is 0. The fourth-order valence-electron chi connectivity index (χ4n) is 7.45. The predicted octanol–water partition coefficient (Wildman–Crippen LogP) is 13.6. The van der Waals surface area contributed by atoms with Crippen molar-refractivity contribution in [1.82, 2.24) is 0 Å². The average molecular weight is 624 g/mol. The zero-order valence-electron chi connectivity index (χ0n) is 27.0. The molecule has 0 unspecified atom stereocenters. The first-order chi connectivity index (χ1) is 24.3. The maximum atomic E-state index is 2.51. The van der Waals surface area contributed by atoms with Crippen LogP contribution in [0.2, 0.25) is 0 Å². The van der Waals surface area contributed by atoms with Gasteiger partial charge in [-0.05, 0) is 67.4 Å². The summed E-state index contributed by atoms with van der Waals surface area (Å²) in [6, 6.07) is 72.5. The molecular weight excluding hydrogens is 591 g/mol. The van der Waals surface area contributed by atoms with Crippen LogP contribution in [0.3, 0.4) is 0 Å². The molecule has 9 aromatic carbocycles. The second kappa shape index (κ2) is 12.3. The minimum Gasteiger partial charge on any atom is -0.309 e. The van der Waals surface area contributed by atoms with Gasteiger partial charge in [0.05, 0.1) is 11.4 Å². The van der Waals surface area contributed by atoms with Gasteiger partial charge in [0.1, 0.15) is 0 Å². The van der Waals surface area contributed by atoms with Crippen molar-refractivity contribution in [3.8, 4) is 33.4 Å². The number of anilines is 3. The van der Waals surface area contributed by atoms with E-state index in [0.29, 0.717) is 0 Å². The third-order valence-corrected chi connectivity index (χ3v) is 9.63. The van der Waals surface area contributed by atoms with E-state index in [2.05, 4.69) is 205 Å². The Balaban J connectivity index is 1.47. The van der Waals surface area contributed by atoms with Crippen molar-refractivity contribution in [1.29, 1.82) is 0 Å². The summed E-state index contributed by atoms with van der Waals surface area (Å²) in [4.78, 5) is 2.51. The van der Waals surface area contributed by atoms with E-state index < -0.39 is 0 Å². The Morgan fingerprint density at radius 3 is 1.59 bits per heavy atom. The average Bonchev–Trinajstić information content (AvgIpc) is 3.19. The Morgan fingerprint density at radius 1 is 0.306 bits per heavy atom. The van der Waals surface area contributed by atoms with Gasteiger partial charge >= 0.3 is 0 Å². The summed E-state index contributed by atoms with van der Waals surface area (Å²) in [5.74, 6) is 0. The highest BCUT2D eigenvalue weighted by Crippen LogP contribution is 2.52. The van der Waals surface area contributed by atoms with Crippen molar-refractivity contribution in [2.75, 3.05) is 4.90 Å². The molecule has 0 spiro atoms. The van der Waals surface area contributed by atoms with Crippen molar-refractivity contribution < 1.29 is 0 Å². The fourth-order valence-corrected chi connectivity index (χ4v) is 7.45. The Bertz CT molecular complexity index is 2600. The molecule has 9 rings (SSSR count). The molecule has 0 aliphatic rings. The van der Waals surface area contributed by atoms with Crippen LogP contribution >= 0.6 is 0 Å². The van der Waals surface area contributed by atoms with E-state index >= 15 is 0 Å². The number of fused-ring (bicyclic) bond motifs is 4. The first kappa shape index (κ1) is 28.8. The van der Waals surface area contributed by atoms with Crippen LogP contribution in [-0.2, 0) is 0 Å². The Hall–Kier alpha value is -6.44. The summed E-state index contributed by atoms with van der Waals surface area (Å²) in [6.45, 7) is 0. The lowest BCUT2D eigenvalue weighted by Gasteiger charge is -2.32. The minimum absolute atomic E-state index is 1.10. The van der Waals surface area contributed by atoms with Gasteiger partial charge in [-0.2, -0.15) is 0 Å². The van der Waals surface area contributed by atoms with Crippen LogP contribution in [-0.4, -0.2) is 0 Å². The van der Waals surface area contributed by atoms with Crippen molar-refractivity contribution in [3.63, 3.8) is 0 Å². The summed E-state index contributed by atoms with van der Waals surface area (Å²) in [5, 5.41) is 7.38. The second-order valence-corrected chi connectivity index (χ2v) is 12.5. The molecule has 0 amide bonds. The monoisotopic (exact) mass is 623 g/mol. The fraction of sp³-hybridized carbons (Fsp3) is 0. The van der Waals surface area contributed by atoms with Gasteiger partial charge < -0.3 is 4.90 Å². The van der Waals surface area contributed by atoms with Gasteiger partial charge in [0, 0.05) is 22.2 Å². The summed E-state index contributed by atoms with van der Waals surface area (Å²) >= 11 is 0. The highest BCUT2D eigenvalue weighted by atomic mass is 15.1. The van der Waals surface area contributed by atoms with Crippen LogP contribution in [0.25, 0.3) is 65.7 Å². The Morgan fingerprint density at radius 2 is 0.816 bits per heavy atom. The Kier molecular flexibility index (Phi) is 7.22. The van der Waals surface area contributed by atoms with Gasteiger partial charge in [-0.3, -0.25) is 0 Å². The summed E-state index contributed by atoms with van der Waals surface area (Å²) in [5.41, 5.74) is 10.6. The minimum atomic E-state index is 1.10. The van der Waals surface area contributed by atoms with E-state index in [1.54, 1.807) is 0 Å². The second-order valence-electron chi connectivity index (χ2n) is 12.5. The third kappa shape index (κ3) is 5.04. The van der Waals surface area contributed by atoms with E-state index in [1.165, 1.54) is 71.4 Å². The van der Waals surface area contributed by atoms with Crippen molar-refractivity contribution in [2.45, 2.75) is 0 Å². The smallest absolute Gasteiger partial charge is 0.0625 e. The third-order valence-electron chi connectivity index (χ3n) is 9.63. The lowest BCUT2D eigenvalue weighted by molar-refractivity contribution is 1.30. The maximum Gasteiger partial charge on any atom is 0.0625 e. The topological polar surface area (TPSA) is 3.24 Å². The molecule has 0 aliphatic heterocycles. The molecule has 1 nitrogen and oxygen atoms in total. The predicted molar refractivity (Wildman–Crippen MR) is 210 cm³/mol. The van der Waals surface area contributed by atoms with E-state index in [-0.39, 0.29) is 0 Å². The molecule has 230 valence electrons. The number of rotatable bonds is 6. The largest absolute Gasteiger partial charge is 0.309 e. The van der Waals surface area contributed by atoms with Crippen LogP contribution in [0.15, 0.2) is 200 Å². The first-order valence-corrected chi connectivity index (χ1v) is 16.9. The van der Waals surface area contributed by atoms with Crippen molar-refractivity contribution in [2.24, 2.45) is 0 Å². The SMILES string of the molecule is c1ccc(-c2cccc(N(c3ccccc3-c3ccccc3)c3c(-c4cccc5ccccc45)c4ccccc4c4ccccc34)c2)cc1. The zero-order valence-corrected chi connectivity index (χ0v) is 27.0. The van der Waals surface area contributed by atoms with Gasteiger partial charge in [0.25, 0.3) is 0 Å². The van der Waals surface area contributed by atoms with E-state index in [0.717, 1.165) is 11.4 Å². The van der Waals surface area contributed by atoms with Crippen LogP contribution in [0.5, 0.6) is 0 Å². The van der Waals surface area contributed by atoms with Crippen LogP contribution in [0.4, 0.5) is 17.1 Å². The number of para-hydroxylation sites is 1. The molecule has 49 heavy (non-hydrogen) atoms. The maximum absolute atomic E-state index is 2.51. The number of hydrogen-bond acceptors (Lipinski definition) is 1. The van der Waals surface area contributed by atoms with Gasteiger partial charge in [-0.1, -0.05) is 182 Å². The molecule has 0 heterocycles. The molecule has 0 radical (unpaired) electrons. The van der Waals surface area contributed by atoms with Gasteiger partial charge in [-0.25, -0.2) is 0 Å². The number of nitrogens with zero attached hydrogens (tertiary/aromatic N) is 1. The molecule has 0 aromatic heterocycles. The molecule has 0 N–H and O–H groups in total. The van der Waals surface area contributed by atoms with E-state index in [4.69, 9.17) is 0 Å². The van der Waals surface area contributed by atoms with Gasteiger partial charge in [0.2, 0.25) is 0 Å². The molecule has 0 fully saturated rings. The summed E-state index contributed by atoms with van der Waals surface area (Å²) < 4.78 is 0. The normalized spacial score (nSPS) is 11.3. The Labute approximate surface area is 287 Å². The molecule has 9 aromatic rings. The number of hydrogen-bond donors (Lipinski definition) is 0. The van der Waals surface area contributed by atoms with Crippen molar-refractivity contribution >= 4 is 49.4 Å². The zero-order chi connectivity index (χ0) is 32.6. The van der Waals surface area contributed by atoms with Crippen molar-refractivity contribution in [3.05, 3.63) is 200 Å². The van der Waals surface area contributed by atoms with E-state index in [9.17, 15) is 0 Å². The highest BCUT2D eigenvalue weighted by molar-refractivity contribution is 6.24. The standard InChI is InChI=1S/C48H33N/c1-3-17-34(18-4-1)37-23-15-24-38(33-37)49(46-32-14-13-26-40(46)36-19-5-2-6-20-36)48-45-30-12-10-28-42(45)41-27-9-11-29-44(41)47(48)43-31-16-22-35-21-7-8-25-39(35)43/h1-33H. The number of benzene rings is 9. The van der Waals surface area contributed by atoms with Gasteiger partial charge in [-0.15, -0.1) is 0 Å². The quantitative estimate of drug-likeness (QED) is 0.167. The molecule has 1 heteroatoms. The summed E-state index contributed by atoms with van der Waals surface area (Å²) in [7, 11) is 0. The van der Waals surface area contributed by atoms with Crippen LogP contribution < -0.4 is 4.90 Å². The van der Waals surface area contributed by atoms with Crippen LogP contribution in [0.1, 0.15) is 0 Å². The molecule has 0 aliphatic carbocycles. The highest BCUT2D eigenvalue weighted by Gasteiger charge is 2.26. The molecule has 0 bridgehead atoms. The molecule has 0 atom stereocenters. The molecular formula is C48H33N. The van der Waals surface area contributed by atoms with Gasteiger partial charge in [0.15, 0.2) is 0 Å².